The minimum Gasteiger partial charge on any atom is -0.379 e. The van der Waals surface area contributed by atoms with Crippen molar-refractivity contribution in [1.82, 2.24) is 0 Å². The van der Waals surface area contributed by atoms with Crippen molar-refractivity contribution < 1.29 is 4.39 Å². The van der Waals surface area contributed by atoms with Crippen LogP contribution in [0.5, 0.6) is 0 Å². The Balaban J connectivity index is 2.12. The molecule has 0 aliphatic carbocycles. The van der Waals surface area contributed by atoms with Crippen LogP contribution in [0.25, 0.3) is 0 Å². The van der Waals surface area contributed by atoms with Gasteiger partial charge in [0.15, 0.2) is 0 Å². The Labute approximate surface area is 99.5 Å². The second-order valence-corrected chi connectivity index (χ2v) is 4.28. The molecule has 1 aliphatic heterocycles. The summed E-state index contributed by atoms with van der Waals surface area (Å²) in [4.78, 5) is 0. The lowest BCUT2D eigenvalue weighted by atomic mass is 10.1. The molecule has 0 amide bonds. The maximum atomic E-state index is 13.2. The summed E-state index contributed by atoms with van der Waals surface area (Å²) in [5.41, 5.74) is 5.21. The first-order chi connectivity index (χ1) is 8.24. The number of aryl methyl sites for hydroxylation is 1. The quantitative estimate of drug-likeness (QED) is 0.716. The minimum absolute atomic E-state index is 0.199. The molecule has 3 heteroatoms. The van der Waals surface area contributed by atoms with Crippen LogP contribution in [0.2, 0.25) is 0 Å². The zero-order valence-corrected chi connectivity index (χ0v) is 9.55. The largest absolute Gasteiger partial charge is 0.379 e. The van der Waals surface area contributed by atoms with Crippen LogP contribution in [0.4, 0.5) is 21.5 Å². The smallest absolute Gasteiger partial charge is 0.123 e. The van der Waals surface area contributed by atoms with Crippen molar-refractivity contribution in [3.05, 3.63) is 53.3 Å². The van der Waals surface area contributed by atoms with E-state index in [1.807, 2.05) is 12.1 Å². The SMILES string of the molecule is Cc1cccc2c1Nc1ccc(F)cc1CN2. The van der Waals surface area contributed by atoms with Crippen LogP contribution < -0.4 is 10.6 Å². The molecule has 0 radical (unpaired) electrons. The van der Waals surface area contributed by atoms with Crippen molar-refractivity contribution in [2.24, 2.45) is 0 Å². The van der Waals surface area contributed by atoms with E-state index in [1.165, 1.54) is 11.6 Å². The number of nitrogens with one attached hydrogen (secondary N) is 2. The molecule has 2 aromatic carbocycles. The summed E-state index contributed by atoms with van der Waals surface area (Å²) >= 11 is 0. The summed E-state index contributed by atoms with van der Waals surface area (Å²) in [7, 11) is 0. The summed E-state index contributed by atoms with van der Waals surface area (Å²) < 4.78 is 13.2. The van der Waals surface area contributed by atoms with E-state index >= 15 is 0 Å². The third-order valence-electron chi connectivity index (χ3n) is 3.07. The highest BCUT2D eigenvalue weighted by Gasteiger charge is 2.13. The molecular weight excluding hydrogens is 215 g/mol. The van der Waals surface area contributed by atoms with Crippen LogP contribution in [0.1, 0.15) is 11.1 Å². The van der Waals surface area contributed by atoms with Crippen molar-refractivity contribution in [3.63, 3.8) is 0 Å². The number of hydrogen-bond donors (Lipinski definition) is 2. The van der Waals surface area contributed by atoms with Crippen LogP contribution >= 0.6 is 0 Å². The Kier molecular flexibility index (Phi) is 2.25. The van der Waals surface area contributed by atoms with E-state index in [0.717, 1.165) is 22.6 Å². The highest BCUT2D eigenvalue weighted by molar-refractivity contribution is 5.80. The zero-order chi connectivity index (χ0) is 11.8. The van der Waals surface area contributed by atoms with E-state index in [-0.39, 0.29) is 5.82 Å². The normalized spacial score (nSPS) is 12.8. The number of para-hydroxylation sites is 1. The number of benzene rings is 2. The van der Waals surface area contributed by atoms with Gasteiger partial charge in [-0.1, -0.05) is 12.1 Å². The number of anilines is 3. The first-order valence-electron chi connectivity index (χ1n) is 5.63. The first-order valence-corrected chi connectivity index (χ1v) is 5.63. The van der Waals surface area contributed by atoms with E-state index < -0.39 is 0 Å². The molecule has 0 fully saturated rings. The van der Waals surface area contributed by atoms with E-state index in [2.05, 4.69) is 23.6 Å². The molecule has 1 aliphatic rings. The molecule has 0 saturated carbocycles. The predicted octanol–water partition coefficient (Wildman–Crippen LogP) is 3.80. The fourth-order valence-electron chi connectivity index (χ4n) is 2.14. The minimum atomic E-state index is -0.199. The van der Waals surface area contributed by atoms with Crippen molar-refractivity contribution in [1.29, 1.82) is 0 Å². The molecule has 3 rings (SSSR count). The van der Waals surface area contributed by atoms with E-state index in [1.54, 1.807) is 12.1 Å². The van der Waals surface area contributed by atoms with Crippen LogP contribution in [0, 0.1) is 12.7 Å². The molecule has 86 valence electrons. The average Bonchev–Trinajstić information content (AvgIpc) is 2.49. The average molecular weight is 228 g/mol. The lowest BCUT2D eigenvalue weighted by molar-refractivity contribution is 0.626. The standard InChI is InChI=1S/C14H13FN2/c1-9-3-2-4-13-14(9)17-12-6-5-11(15)7-10(12)8-16-13/h2-7,16-17H,8H2,1H3. The second-order valence-electron chi connectivity index (χ2n) is 4.28. The number of rotatable bonds is 0. The lowest BCUT2D eigenvalue weighted by Crippen LogP contribution is -1.97. The number of halogens is 1. The summed E-state index contributed by atoms with van der Waals surface area (Å²) in [6.07, 6.45) is 0. The molecule has 1 heterocycles. The van der Waals surface area contributed by atoms with Gasteiger partial charge in [-0.15, -0.1) is 0 Å². The lowest BCUT2D eigenvalue weighted by Gasteiger charge is -2.11. The Morgan fingerprint density at radius 3 is 2.88 bits per heavy atom. The highest BCUT2D eigenvalue weighted by Crippen LogP contribution is 2.34. The zero-order valence-electron chi connectivity index (χ0n) is 9.55. The summed E-state index contributed by atoms with van der Waals surface area (Å²) in [6, 6.07) is 10.9. The molecule has 2 nitrogen and oxygen atoms in total. The van der Waals surface area contributed by atoms with Crippen molar-refractivity contribution >= 4 is 17.1 Å². The molecule has 2 aromatic rings. The topological polar surface area (TPSA) is 24.1 Å². The summed E-state index contributed by atoms with van der Waals surface area (Å²) in [6.45, 7) is 2.69. The molecule has 0 unspecified atom stereocenters. The van der Waals surface area contributed by atoms with E-state index in [0.29, 0.717) is 6.54 Å². The Morgan fingerprint density at radius 1 is 1.12 bits per heavy atom. The molecular formula is C14H13FN2. The van der Waals surface area contributed by atoms with Gasteiger partial charge in [0.2, 0.25) is 0 Å². The molecule has 0 atom stereocenters. The first kappa shape index (κ1) is 10.1. The fraction of sp³-hybridized carbons (Fsp3) is 0.143. The summed E-state index contributed by atoms with van der Waals surface area (Å²) in [5, 5.41) is 6.69. The van der Waals surface area contributed by atoms with Gasteiger partial charge in [0.25, 0.3) is 0 Å². The fourth-order valence-corrected chi connectivity index (χ4v) is 2.14. The van der Waals surface area contributed by atoms with Crippen molar-refractivity contribution in [3.8, 4) is 0 Å². The van der Waals surface area contributed by atoms with Crippen molar-refractivity contribution in [2.75, 3.05) is 10.6 Å². The van der Waals surface area contributed by atoms with Crippen LogP contribution in [0.3, 0.4) is 0 Å². The third kappa shape index (κ3) is 1.73. The van der Waals surface area contributed by atoms with Gasteiger partial charge in [-0.3, -0.25) is 0 Å². The molecule has 0 saturated heterocycles. The van der Waals surface area contributed by atoms with Gasteiger partial charge in [-0.05, 0) is 42.3 Å². The Bertz CT molecular complexity index is 578. The van der Waals surface area contributed by atoms with Crippen LogP contribution in [-0.2, 0) is 6.54 Å². The molecule has 0 aromatic heterocycles. The maximum Gasteiger partial charge on any atom is 0.123 e. The number of fused-ring (bicyclic) bond motifs is 2. The molecule has 17 heavy (non-hydrogen) atoms. The Hall–Kier alpha value is -2.03. The van der Waals surface area contributed by atoms with E-state index in [4.69, 9.17) is 0 Å². The van der Waals surface area contributed by atoms with Gasteiger partial charge in [-0.25, -0.2) is 4.39 Å². The monoisotopic (exact) mass is 228 g/mol. The van der Waals surface area contributed by atoms with Crippen LogP contribution in [0.15, 0.2) is 36.4 Å². The molecule has 2 N–H and O–H groups in total. The second kappa shape index (κ2) is 3.77. The maximum absolute atomic E-state index is 13.2. The van der Waals surface area contributed by atoms with Crippen LogP contribution in [-0.4, -0.2) is 0 Å². The van der Waals surface area contributed by atoms with Gasteiger partial charge in [-0.2, -0.15) is 0 Å². The highest BCUT2D eigenvalue weighted by atomic mass is 19.1. The molecule has 0 spiro atoms. The summed E-state index contributed by atoms with van der Waals surface area (Å²) in [5.74, 6) is -0.199. The van der Waals surface area contributed by atoms with Gasteiger partial charge in [0, 0.05) is 12.2 Å². The van der Waals surface area contributed by atoms with Gasteiger partial charge >= 0.3 is 0 Å². The Morgan fingerprint density at radius 2 is 2.00 bits per heavy atom. The number of hydrogen-bond acceptors (Lipinski definition) is 2. The van der Waals surface area contributed by atoms with Gasteiger partial charge in [0.05, 0.1) is 11.4 Å². The molecule has 0 bridgehead atoms. The van der Waals surface area contributed by atoms with Gasteiger partial charge in [0.1, 0.15) is 5.82 Å². The van der Waals surface area contributed by atoms with E-state index in [9.17, 15) is 4.39 Å². The predicted molar refractivity (Wildman–Crippen MR) is 68.2 cm³/mol. The van der Waals surface area contributed by atoms with Crippen molar-refractivity contribution in [2.45, 2.75) is 13.5 Å². The van der Waals surface area contributed by atoms with Gasteiger partial charge < -0.3 is 10.6 Å². The third-order valence-corrected chi connectivity index (χ3v) is 3.07.